The van der Waals surface area contributed by atoms with Gasteiger partial charge in [-0.25, -0.2) is 4.98 Å². The summed E-state index contributed by atoms with van der Waals surface area (Å²) in [6, 6.07) is 5.81. The van der Waals surface area contributed by atoms with Gasteiger partial charge in [-0.05, 0) is 30.9 Å². The Hall–Kier alpha value is -1.72. The fourth-order valence-electron chi connectivity index (χ4n) is 2.92. The zero-order valence-corrected chi connectivity index (χ0v) is 12.8. The van der Waals surface area contributed by atoms with Crippen LogP contribution in [0.1, 0.15) is 25.0 Å². The number of anilines is 1. The highest BCUT2D eigenvalue weighted by molar-refractivity contribution is 5.90. The van der Waals surface area contributed by atoms with Crippen LogP contribution < -0.4 is 5.32 Å². The Morgan fingerprint density at radius 3 is 3.00 bits per heavy atom. The number of rotatable bonds is 5. The predicted octanol–water partition coefficient (Wildman–Crippen LogP) is 2.21. The van der Waals surface area contributed by atoms with Gasteiger partial charge in [0.25, 0.3) is 0 Å². The van der Waals surface area contributed by atoms with Gasteiger partial charge in [0, 0.05) is 26.1 Å². The van der Waals surface area contributed by atoms with Crippen molar-refractivity contribution in [3.8, 4) is 0 Å². The number of aromatic nitrogens is 1. The standard InChI is InChI=1S/C17H23N3O2/c21-17(12-14-4-1-2-5-14)19-16-7-3-6-15(18-16)13-20-8-10-22-11-9-20/h1,3-4,6-7,14H,2,5,8-13H2,(H,18,19,21)/t14-/m1/s1. The van der Waals surface area contributed by atoms with Crippen LogP contribution in [-0.2, 0) is 16.1 Å². The first-order valence-corrected chi connectivity index (χ1v) is 8.02. The first-order valence-electron chi connectivity index (χ1n) is 8.02. The molecule has 3 rings (SSSR count). The summed E-state index contributed by atoms with van der Waals surface area (Å²) < 4.78 is 5.35. The minimum atomic E-state index is 0.0487. The lowest BCUT2D eigenvalue weighted by Gasteiger charge is -2.26. The molecule has 0 aromatic carbocycles. The summed E-state index contributed by atoms with van der Waals surface area (Å²) in [6.07, 6.45) is 7.01. The summed E-state index contributed by atoms with van der Waals surface area (Å²) in [7, 11) is 0. The monoisotopic (exact) mass is 301 g/mol. The van der Waals surface area contributed by atoms with Gasteiger partial charge in [-0.1, -0.05) is 18.2 Å². The molecule has 22 heavy (non-hydrogen) atoms. The second-order valence-corrected chi connectivity index (χ2v) is 5.92. The van der Waals surface area contributed by atoms with Crippen molar-refractivity contribution in [1.29, 1.82) is 0 Å². The summed E-state index contributed by atoms with van der Waals surface area (Å²) in [4.78, 5) is 18.9. The average Bonchev–Trinajstić information content (AvgIpc) is 3.01. The summed E-state index contributed by atoms with van der Waals surface area (Å²) in [5.41, 5.74) is 0.987. The molecule has 1 atom stereocenters. The van der Waals surface area contributed by atoms with E-state index in [1.54, 1.807) is 0 Å². The lowest BCUT2D eigenvalue weighted by atomic mass is 10.1. The summed E-state index contributed by atoms with van der Waals surface area (Å²) in [6.45, 7) is 4.24. The van der Waals surface area contributed by atoms with E-state index < -0.39 is 0 Å². The molecule has 118 valence electrons. The van der Waals surface area contributed by atoms with Crippen LogP contribution in [-0.4, -0.2) is 42.1 Å². The largest absolute Gasteiger partial charge is 0.379 e. The van der Waals surface area contributed by atoms with Crippen molar-refractivity contribution < 1.29 is 9.53 Å². The highest BCUT2D eigenvalue weighted by Gasteiger charge is 2.15. The van der Waals surface area contributed by atoms with Crippen molar-refractivity contribution in [2.45, 2.75) is 25.8 Å². The molecule has 1 aromatic rings. The number of nitrogens with one attached hydrogen (secondary N) is 1. The Morgan fingerprint density at radius 2 is 2.23 bits per heavy atom. The molecule has 0 radical (unpaired) electrons. The van der Waals surface area contributed by atoms with E-state index in [2.05, 4.69) is 27.4 Å². The van der Waals surface area contributed by atoms with Gasteiger partial charge in [0.05, 0.1) is 18.9 Å². The molecule has 0 saturated carbocycles. The van der Waals surface area contributed by atoms with Crippen LogP contribution in [0.25, 0.3) is 0 Å². The van der Waals surface area contributed by atoms with Crippen LogP contribution in [0.3, 0.4) is 0 Å². The van der Waals surface area contributed by atoms with E-state index in [0.717, 1.165) is 51.4 Å². The number of hydrogen-bond acceptors (Lipinski definition) is 4. The Labute approximate surface area is 131 Å². The predicted molar refractivity (Wildman–Crippen MR) is 85.4 cm³/mol. The Kier molecular flexibility index (Phi) is 5.19. The Bertz CT molecular complexity index is 538. The first-order chi connectivity index (χ1) is 10.8. The number of carbonyl (C=O) groups is 1. The van der Waals surface area contributed by atoms with E-state index in [1.165, 1.54) is 0 Å². The molecule has 1 saturated heterocycles. The minimum Gasteiger partial charge on any atom is -0.379 e. The van der Waals surface area contributed by atoms with Gasteiger partial charge in [0.2, 0.25) is 5.91 Å². The Balaban J connectivity index is 1.53. The summed E-state index contributed by atoms with van der Waals surface area (Å²) >= 11 is 0. The maximum atomic E-state index is 12.1. The van der Waals surface area contributed by atoms with Gasteiger partial charge < -0.3 is 10.1 Å². The van der Waals surface area contributed by atoms with Gasteiger partial charge >= 0.3 is 0 Å². The molecule has 1 N–H and O–H groups in total. The normalized spacial score (nSPS) is 21.9. The minimum absolute atomic E-state index is 0.0487. The SMILES string of the molecule is O=C(C[C@@H]1C=CCC1)Nc1cccc(CN2CCOCC2)n1. The second-order valence-electron chi connectivity index (χ2n) is 5.92. The van der Waals surface area contributed by atoms with Gasteiger partial charge in [-0.15, -0.1) is 0 Å². The highest BCUT2D eigenvalue weighted by Crippen LogP contribution is 2.20. The first kappa shape index (κ1) is 15.2. The van der Waals surface area contributed by atoms with Crippen molar-refractivity contribution in [2.24, 2.45) is 5.92 Å². The molecule has 1 aliphatic carbocycles. The third-order valence-corrected chi connectivity index (χ3v) is 4.12. The van der Waals surface area contributed by atoms with Crippen LogP contribution in [0.15, 0.2) is 30.4 Å². The van der Waals surface area contributed by atoms with Crippen LogP contribution >= 0.6 is 0 Å². The number of nitrogens with zero attached hydrogens (tertiary/aromatic N) is 2. The maximum Gasteiger partial charge on any atom is 0.226 e. The molecule has 2 heterocycles. The van der Waals surface area contributed by atoms with Crippen molar-refractivity contribution in [1.82, 2.24) is 9.88 Å². The number of morpholine rings is 1. The van der Waals surface area contributed by atoms with Crippen molar-refractivity contribution in [3.05, 3.63) is 36.0 Å². The summed E-state index contributed by atoms with van der Waals surface area (Å²) in [5, 5.41) is 2.92. The van der Waals surface area contributed by atoms with E-state index in [1.807, 2.05) is 18.2 Å². The molecule has 5 heteroatoms. The van der Waals surface area contributed by atoms with Crippen LogP contribution in [0, 0.1) is 5.92 Å². The average molecular weight is 301 g/mol. The lowest BCUT2D eigenvalue weighted by Crippen LogP contribution is -2.35. The van der Waals surface area contributed by atoms with Crippen molar-refractivity contribution >= 4 is 11.7 Å². The molecular weight excluding hydrogens is 278 g/mol. The number of ether oxygens (including phenoxy) is 1. The summed E-state index contributed by atoms with van der Waals surface area (Å²) in [5.74, 6) is 1.09. The third kappa shape index (κ3) is 4.39. The van der Waals surface area contributed by atoms with E-state index in [0.29, 0.717) is 18.2 Å². The number of carbonyl (C=O) groups excluding carboxylic acids is 1. The number of pyridine rings is 1. The molecule has 1 fully saturated rings. The molecule has 5 nitrogen and oxygen atoms in total. The van der Waals surface area contributed by atoms with Gasteiger partial charge in [-0.2, -0.15) is 0 Å². The van der Waals surface area contributed by atoms with Gasteiger partial charge in [0.1, 0.15) is 5.82 Å². The van der Waals surface area contributed by atoms with Gasteiger partial charge in [0.15, 0.2) is 0 Å². The Morgan fingerprint density at radius 1 is 1.36 bits per heavy atom. The zero-order valence-electron chi connectivity index (χ0n) is 12.8. The fraction of sp³-hybridized carbons (Fsp3) is 0.529. The fourth-order valence-corrected chi connectivity index (χ4v) is 2.92. The van der Waals surface area contributed by atoms with E-state index in [-0.39, 0.29) is 5.91 Å². The van der Waals surface area contributed by atoms with Crippen molar-refractivity contribution in [3.63, 3.8) is 0 Å². The molecule has 0 bridgehead atoms. The molecular formula is C17H23N3O2. The lowest BCUT2D eigenvalue weighted by molar-refractivity contribution is -0.116. The van der Waals surface area contributed by atoms with E-state index in [4.69, 9.17) is 4.74 Å². The second kappa shape index (κ2) is 7.51. The smallest absolute Gasteiger partial charge is 0.226 e. The number of amides is 1. The number of hydrogen-bond donors (Lipinski definition) is 1. The molecule has 1 amide bonds. The zero-order chi connectivity index (χ0) is 15.2. The third-order valence-electron chi connectivity index (χ3n) is 4.12. The topological polar surface area (TPSA) is 54.5 Å². The molecule has 1 aromatic heterocycles. The van der Waals surface area contributed by atoms with Crippen LogP contribution in [0.5, 0.6) is 0 Å². The maximum absolute atomic E-state index is 12.1. The van der Waals surface area contributed by atoms with Crippen LogP contribution in [0.2, 0.25) is 0 Å². The van der Waals surface area contributed by atoms with Gasteiger partial charge in [-0.3, -0.25) is 9.69 Å². The van der Waals surface area contributed by atoms with E-state index >= 15 is 0 Å². The molecule has 0 unspecified atom stereocenters. The van der Waals surface area contributed by atoms with Crippen LogP contribution in [0.4, 0.5) is 5.82 Å². The van der Waals surface area contributed by atoms with Crippen molar-refractivity contribution in [2.75, 3.05) is 31.6 Å². The van der Waals surface area contributed by atoms with E-state index in [9.17, 15) is 4.79 Å². The molecule has 1 aliphatic heterocycles. The highest BCUT2D eigenvalue weighted by atomic mass is 16.5. The number of allylic oxidation sites excluding steroid dienone is 2. The molecule has 2 aliphatic rings. The molecule has 0 spiro atoms. The quantitative estimate of drug-likeness (QED) is 0.847.